The van der Waals surface area contributed by atoms with E-state index in [9.17, 15) is 18.8 Å². The molecule has 204 valence electrons. The molecule has 2 aliphatic heterocycles. The number of benzene rings is 2. The van der Waals surface area contributed by atoms with E-state index in [0.29, 0.717) is 43.0 Å². The van der Waals surface area contributed by atoms with Crippen LogP contribution in [0.1, 0.15) is 53.8 Å². The molecule has 38 heavy (non-hydrogen) atoms. The van der Waals surface area contributed by atoms with Crippen molar-refractivity contribution in [1.82, 2.24) is 15.1 Å². The number of ether oxygens (including phenoxy) is 3. The third-order valence-corrected chi connectivity index (χ3v) is 7.34. The number of nitrogens with one attached hydrogen (secondary N) is 1. The van der Waals surface area contributed by atoms with E-state index in [4.69, 9.17) is 14.2 Å². The lowest BCUT2D eigenvalue weighted by atomic mass is 9.96. The highest BCUT2D eigenvalue weighted by atomic mass is 19.1. The van der Waals surface area contributed by atoms with Gasteiger partial charge in [-0.05, 0) is 55.8 Å². The smallest absolute Gasteiger partial charge is 0.256 e. The molecule has 0 bridgehead atoms. The number of hydrogen-bond donors (Lipinski definition) is 1. The fourth-order valence-electron chi connectivity index (χ4n) is 4.95. The summed E-state index contributed by atoms with van der Waals surface area (Å²) < 4.78 is 30.3. The van der Waals surface area contributed by atoms with Crippen molar-refractivity contribution >= 4 is 17.7 Å². The highest BCUT2D eigenvalue weighted by molar-refractivity contribution is 5.99. The van der Waals surface area contributed by atoms with Gasteiger partial charge in [-0.15, -0.1) is 0 Å². The van der Waals surface area contributed by atoms with Gasteiger partial charge in [0.05, 0.1) is 20.8 Å². The fraction of sp³-hybridized carbons (Fsp3) is 0.464. The molecule has 2 heterocycles. The molecule has 2 aliphatic rings. The number of amides is 3. The molecule has 10 heteroatoms. The topological polar surface area (TPSA) is 97.4 Å². The molecule has 0 aromatic heterocycles. The van der Waals surface area contributed by atoms with E-state index < -0.39 is 23.5 Å². The van der Waals surface area contributed by atoms with Crippen molar-refractivity contribution < 1.29 is 33.0 Å². The van der Waals surface area contributed by atoms with Crippen LogP contribution in [0, 0.1) is 5.82 Å². The monoisotopic (exact) mass is 527 g/mol. The number of methoxy groups -OCH3 is 2. The van der Waals surface area contributed by atoms with Gasteiger partial charge in [0.25, 0.3) is 11.8 Å². The van der Waals surface area contributed by atoms with Crippen LogP contribution in [0.4, 0.5) is 4.39 Å². The van der Waals surface area contributed by atoms with Crippen LogP contribution in [-0.4, -0.2) is 79.2 Å². The number of carbonyl (C=O) groups is 3. The Hall–Kier alpha value is -3.66. The maximum atomic E-state index is 13.7. The molecule has 3 amide bonds. The molecule has 2 aromatic rings. The molecule has 2 aromatic carbocycles. The number of piperidine rings is 1. The molecule has 0 radical (unpaired) electrons. The van der Waals surface area contributed by atoms with E-state index in [1.165, 1.54) is 43.4 Å². The molecule has 1 spiro atoms. The first-order chi connectivity index (χ1) is 18.2. The zero-order chi connectivity index (χ0) is 27.4. The van der Waals surface area contributed by atoms with Crippen LogP contribution >= 0.6 is 0 Å². The van der Waals surface area contributed by atoms with Crippen molar-refractivity contribution in [3.63, 3.8) is 0 Å². The van der Waals surface area contributed by atoms with Gasteiger partial charge >= 0.3 is 0 Å². The number of carbonyl (C=O) groups excluding carboxylic acids is 3. The zero-order valence-electron chi connectivity index (χ0n) is 22.2. The van der Waals surface area contributed by atoms with Gasteiger partial charge in [0.1, 0.15) is 17.6 Å². The first-order valence-corrected chi connectivity index (χ1v) is 12.8. The Balaban J connectivity index is 1.56. The number of hydrogen-bond acceptors (Lipinski definition) is 6. The largest absolute Gasteiger partial charge is 0.493 e. The minimum absolute atomic E-state index is 0.0405. The second-order valence-electron chi connectivity index (χ2n) is 9.63. The van der Waals surface area contributed by atoms with E-state index in [1.807, 2.05) is 13.8 Å². The molecule has 4 rings (SSSR count). The fourth-order valence-corrected chi connectivity index (χ4v) is 4.95. The van der Waals surface area contributed by atoms with Crippen LogP contribution < -0.4 is 14.8 Å². The molecule has 2 saturated heterocycles. The summed E-state index contributed by atoms with van der Waals surface area (Å²) in [7, 11) is 3.04. The van der Waals surface area contributed by atoms with Gasteiger partial charge in [-0.3, -0.25) is 19.3 Å². The van der Waals surface area contributed by atoms with Crippen molar-refractivity contribution in [3.05, 3.63) is 59.4 Å². The molecule has 1 N–H and O–H groups in total. The first-order valence-electron chi connectivity index (χ1n) is 12.8. The molecular formula is C28H34FN3O6. The summed E-state index contributed by atoms with van der Waals surface area (Å²) in [4.78, 5) is 43.4. The third kappa shape index (κ3) is 5.31. The van der Waals surface area contributed by atoms with Crippen molar-refractivity contribution in [2.45, 2.75) is 50.9 Å². The van der Waals surface area contributed by atoms with E-state index in [-0.39, 0.29) is 30.0 Å². The summed E-state index contributed by atoms with van der Waals surface area (Å²) >= 11 is 0. The summed E-state index contributed by atoms with van der Waals surface area (Å²) in [6.45, 7) is 4.54. The Kier molecular flexibility index (Phi) is 8.20. The minimum Gasteiger partial charge on any atom is -0.493 e. The van der Waals surface area contributed by atoms with Crippen LogP contribution in [0.15, 0.2) is 42.5 Å². The SMILES string of the molecule is CCC(C)NC(=O)C1COC2(CCN(C(=O)c3ccc(OC)c(OC)c3)CC2)N1C(=O)c1ccc(F)cc1. The minimum atomic E-state index is -1.06. The van der Waals surface area contributed by atoms with E-state index in [0.717, 1.165) is 6.42 Å². The van der Waals surface area contributed by atoms with E-state index in [1.54, 1.807) is 23.1 Å². The van der Waals surface area contributed by atoms with Crippen LogP contribution in [-0.2, 0) is 9.53 Å². The Morgan fingerprint density at radius 2 is 1.66 bits per heavy atom. The normalized spacial score (nSPS) is 19.2. The number of likely N-dealkylation sites (tertiary alicyclic amines) is 1. The molecule has 9 nitrogen and oxygen atoms in total. The lowest BCUT2D eigenvalue weighted by Crippen LogP contribution is -2.60. The Morgan fingerprint density at radius 1 is 1.03 bits per heavy atom. The van der Waals surface area contributed by atoms with Crippen LogP contribution in [0.25, 0.3) is 0 Å². The molecule has 2 unspecified atom stereocenters. The summed E-state index contributed by atoms with van der Waals surface area (Å²) in [5.74, 6) is -0.361. The van der Waals surface area contributed by atoms with E-state index >= 15 is 0 Å². The summed E-state index contributed by atoms with van der Waals surface area (Å²) in [5, 5.41) is 2.95. The summed E-state index contributed by atoms with van der Waals surface area (Å²) in [6, 6.07) is 9.34. The third-order valence-electron chi connectivity index (χ3n) is 7.34. The van der Waals surface area contributed by atoms with Crippen molar-refractivity contribution in [3.8, 4) is 11.5 Å². The Bertz CT molecular complexity index is 1180. The predicted octanol–water partition coefficient (Wildman–Crippen LogP) is 3.23. The number of nitrogens with zero attached hydrogens (tertiary/aromatic N) is 2. The Morgan fingerprint density at radius 3 is 2.26 bits per heavy atom. The lowest BCUT2D eigenvalue weighted by molar-refractivity contribution is -0.128. The highest BCUT2D eigenvalue weighted by Crippen LogP contribution is 2.39. The van der Waals surface area contributed by atoms with Crippen LogP contribution in [0.2, 0.25) is 0 Å². The molecule has 0 aliphatic carbocycles. The zero-order valence-corrected chi connectivity index (χ0v) is 22.2. The van der Waals surface area contributed by atoms with Gasteiger partial charge in [0.15, 0.2) is 11.5 Å². The average Bonchev–Trinajstić information content (AvgIpc) is 3.30. The second-order valence-corrected chi connectivity index (χ2v) is 9.63. The van der Waals surface area contributed by atoms with Gasteiger partial charge in [-0.1, -0.05) is 6.92 Å². The second kappa shape index (κ2) is 11.4. The summed E-state index contributed by atoms with van der Waals surface area (Å²) in [5.41, 5.74) is -0.338. The maximum absolute atomic E-state index is 13.7. The predicted molar refractivity (Wildman–Crippen MR) is 138 cm³/mol. The Labute approximate surface area is 221 Å². The van der Waals surface area contributed by atoms with Gasteiger partial charge in [0, 0.05) is 43.1 Å². The first kappa shape index (κ1) is 27.4. The van der Waals surface area contributed by atoms with Crippen molar-refractivity contribution in [2.24, 2.45) is 0 Å². The van der Waals surface area contributed by atoms with Crippen LogP contribution in [0.5, 0.6) is 11.5 Å². The van der Waals surface area contributed by atoms with Gasteiger partial charge in [-0.2, -0.15) is 0 Å². The standard InChI is InChI=1S/C28H34FN3O6/c1-5-18(2)30-25(33)22-17-38-28(32(22)27(35)19-6-9-21(29)10-7-19)12-14-31(15-13-28)26(34)20-8-11-23(36-3)24(16-20)37-4/h6-11,16,18,22H,5,12-15,17H2,1-4H3,(H,30,33). The number of rotatable bonds is 7. The van der Waals surface area contributed by atoms with Crippen molar-refractivity contribution in [1.29, 1.82) is 0 Å². The molecule has 2 atom stereocenters. The van der Waals surface area contributed by atoms with Gasteiger partial charge < -0.3 is 24.4 Å². The quantitative estimate of drug-likeness (QED) is 0.594. The van der Waals surface area contributed by atoms with Gasteiger partial charge in [-0.25, -0.2) is 4.39 Å². The molecule has 0 saturated carbocycles. The number of halogens is 1. The molecular weight excluding hydrogens is 493 g/mol. The van der Waals surface area contributed by atoms with Crippen molar-refractivity contribution in [2.75, 3.05) is 33.9 Å². The average molecular weight is 528 g/mol. The van der Waals surface area contributed by atoms with Gasteiger partial charge in [0.2, 0.25) is 5.91 Å². The maximum Gasteiger partial charge on any atom is 0.256 e. The lowest BCUT2D eigenvalue weighted by Gasteiger charge is -2.44. The summed E-state index contributed by atoms with van der Waals surface area (Å²) in [6.07, 6.45) is 1.39. The molecule has 2 fully saturated rings. The van der Waals surface area contributed by atoms with E-state index in [2.05, 4.69) is 5.32 Å². The highest BCUT2D eigenvalue weighted by Gasteiger charge is 2.54. The van der Waals surface area contributed by atoms with Crippen LogP contribution in [0.3, 0.4) is 0 Å².